The first-order valence-electron chi connectivity index (χ1n) is 18.1. The van der Waals surface area contributed by atoms with Crippen molar-refractivity contribution in [1.29, 1.82) is 0 Å². The van der Waals surface area contributed by atoms with Crippen LogP contribution in [0, 0.1) is 11.3 Å². The standard InChI is InChI=1S/C41H66O7Si/c1-13-33(27-48-49(29(2)3,30(4)5)31(6)7)22-32(8)39(47-26-35-16-20-38(45-12)21-17-35)23-36(42)24-40(43)41(9,10)28-46-25-34-14-18-37(44-11)19-15-34/h14-22,29-31,33,39-40,43H,13,23-28H2,1-12H3/b32-22-/t33-,39+,40+/m0/s1. The van der Waals surface area contributed by atoms with Crippen LogP contribution in [0.15, 0.2) is 60.2 Å². The summed E-state index contributed by atoms with van der Waals surface area (Å²) in [6.07, 6.45) is 2.10. The average molecular weight is 699 g/mol. The van der Waals surface area contributed by atoms with Crippen LogP contribution in [0.5, 0.6) is 11.5 Å². The molecule has 0 fully saturated rings. The summed E-state index contributed by atoms with van der Waals surface area (Å²) in [5.41, 5.74) is 3.95. The van der Waals surface area contributed by atoms with Gasteiger partial charge in [-0.2, -0.15) is 0 Å². The molecule has 0 spiro atoms. The summed E-state index contributed by atoms with van der Waals surface area (Å²) in [5.74, 6) is 1.74. The maximum absolute atomic E-state index is 13.5. The molecule has 276 valence electrons. The van der Waals surface area contributed by atoms with Crippen LogP contribution in [0.1, 0.15) is 99.6 Å². The highest BCUT2D eigenvalue weighted by Gasteiger charge is 2.45. The van der Waals surface area contributed by atoms with Crippen LogP contribution in [0.4, 0.5) is 0 Å². The predicted molar refractivity (Wildman–Crippen MR) is 203 cm³/mol. The zero-order chi connectivity index (χ0) is 36.8. The molecule has 0 aliphatic rings. The zero-order valence-corrected chi connectivity index (χ0v) is 33.5. The average Bonchev–Trinajstić information content (AvgIpc) is 3.06. The molecule has 0 aliphatic carbocycles. The monoisotopic (exact) mass is 698 g/mol. The van der Waals surface area contributed by atoms with E-state index in [-0.39, 0.29) is 24.5 Å². The second-order valence-corrected chi connectivity index (χ2v) is 20.6. The number of carbonyl (C=O) groups is 1. The Labute approximate surface area is 298 Å². The van der Waals surface area contributed by atoms with Gasteiger partial charge in [0.1, 0.15) is 17.3 Å². The molecule has 0 aromatic heterocycles. The highest BCUT2D eigenvalue weighted by Crippen LogP contribution is 2.42. The molecule has 0 aliphatic heterocycles. The molecule has 8 heteroatoms. The van der Waals surface area contributed by atoms with Gasteiger partial charge < -0.3 is 28.5 Å². The summed E-state index contributed by atoms with van der Waals surface area (Å²) in [4.78, 5) is 13.5. The first-order valence-corrected chi connectivity index (χ1v) is 20.2. The minimum absolute atomic E-state index is 0.0280. The Morgan fingerprint density at radius 1 is 0.816 bits per heavy atom. The molecule has 0 heterocycles. The van der Waals surface area contributed by atoms with Crippen molar-refractivity contribution in [3.63, 3.8) is 0 Å². The fourth-order valence-electron chi connectivity index (χ4n) is 6.82. The van der Waals surface area contributed by atoms with Crippen molar-refractivity contribution in [1.82, 2.24) is 0 Å². The zero-order valence-electron chi connectivity index (χ0n) is 32.5. The maximum Gasteiger partial charge on any atom is 0.200 e. The van der Waals surface area contributed by atoms with E-state index in [1.807, 2.05) is 62.4 Å². The van der Waals surface area contributed by atoms with Crippen molar-refractivity contribution < 1.29 is 33.3 Å². The number of carbonyl (C=O) groups excluding carboxylic acids is 1. The van der Waals surface area contributed by atoms with E-state index >= 15 is 0 Å². The van der Waals surface area contributed by atoms with Gasteiger partial charge in [-0.15, -0.1) is 0 Å². The maximum atomic E-state index is 13.5. The van der Waals surface area contributed by atoms with Crippen LogP contribution >= 0.6 is 0 Å². The molecule has 0 unspecified atom stereocenters. The van der Waals surface area contributed by atoms with Crippen molar-refractivity contribution in [3.05, 3.63) is 71.3 Å². The lowest BCUT2D eigenvalue weighted by atomic mass is 9.84. The molecule has 0 radical (unpaired) electrons. The Bertz CT molecular complexity index is 1250. The Kier molecular flexibility index (Phi) is 17.7. The molecule has 0 bridgehead atoms. The predicted octanol–water partition coefficient (Wildman–Crippen LogP) is 9.71. The van der Waals surface area contributed by atoms with Crippen LogP contribution in [0.2, 0.25) is 16.6 Å². The second-order valence-electron chi connectivity index (χ2n) is 15.1. The van der Waals surface area contributed by atoms with Crippen molar-refractivity contribution in [2.75, 3.05) is 27.4 Å². The van der Waals surface area contributed by atoms with E-state index < -0.39 is 25.9 Å². The Morgan fingerprint density at radius 3 is 1.76 bits per heavy atom. The fourth-order valence-corrected chi connectivity index (χ4v) is 12.3. The van der Waals surface area contributed by atoms with E-state index in [1.54, 1.807) is 14.2 Å². The van der Waals surface area contributed by atoms with E-state index in [0.717, 1.165) is 34.6 Å². The van der Waals surface area contributed by atoms with Gasteiger partial charge >= 0.3 is 0 Å². The summed E-state index contributed by atoms with van der Waals surface area (Å²) < 4.78 is 29.9. The summed E-state index contributed by atoms with van der Waals surface area (Å²) in [6.45, 7) is 23.7. The van der Waals surface area contributed by atoms with Gasteiger partial charge in [-0.05, 0) is 76.9 Å². The fraction of sp³-hybridized carbons (Fsp3) is 0.634. The lowest BCUT2D eigenvalue weighted by molar-refractivity contribution is -0.126. The Hall–Kier alpha value is -2.49. The molecule has 2 aromatic rings. The number of methoxy groups -OCH3 is 2. The van der Waals surface area contributed by atoms with E-state index in [9.17, 15) is 9.90 Å². The van der Waals surface area contributed by atoms with Crippen molar-refractivity contribution in [2.45, 2.75) is 131 Å². The molecule has 0 saturated heterocycles. The molecule has 0 saturated carbocycles. The van der Waals surface area contributed by atoms with Crippen molar-refractivity contribution >= 4 is 14.1 Å². The molecule has 49 heavy (non-hydrogen) atoms. The van der Waals surface area contributed by atoms with E-state index in [2.05, 4.69) is 61.5 Å². The van der Waals surface area contributed by atoms with Gasteiger partial charge in [0.15, 0.2) is 8.32 Å². The number of ketones is 1. The van der Waals surface area contributed by atoms with Gasteiger partial charge in [0, 0.05) is 24.9 Å². The van der Waals surface area contributed by atoms with Gasteiger partial charge in [0.05, 0.1) is 46.2 Å². The van der Waals surface area contributed by atoms with Gasteiger partial charge in [-0.25, -0.2) is 0 Å². The number of hydrogen-bond donors (Lipinski definition) is 1. The third-order valence-electron chi connectivity index (χ3n) is 10.0. The van der Waals surface area contributed by atoms with E-state index in [0.29, 0.717) is 43.1 Å². The molecular weight excluding hydrogens is 633 g/mol. The normalized spacial score (nSPS) is 14.7. The molecule has 2 rings (SSSR count). The first-order chi connectivity index (χ1) is 23.1. The van der Waals surface area contributed by atoms with Crippen LogP contribution in [-0.2, 0) is 31.9 Å². The van der Waals surface area contributed by atoms with Gasteiger partial charge in [-0.1, -0.05) is 92.7 Å². The summed E-state index contributed by atoms with van der Waals surface area (Å²) >= 11 is 0. The second kappa shape index (κ2) is 20.4. The smallest absolute Gasteiger partial charge is 0.200 e. The van der Waals surface area contributed by atoms with Gasteiger partial charge in [0.25, 0.3) is 0 Å². The van der Waals surface area contributed by atoms with Crippen LogP contribution in [0.25, 0.3) is 0 Å². The van der Waals surface area contributed by atoms with Crippen LogP contribution < -0.4 is 9.47 Å². The number of aliphatic hydroxyl groups excluding tert-OH is 1. The Morgan fingerprint density at radius 2 is 1.31 bits per heavy atom. The topological polar surface area (TPSA) is 83.5 Å². The highest BCUT2D eigenvalue weighted by molar-refractivity contribution is 6.77. The first kappa shape index (κ1) is 42.7. The molecule has 7 nitrogen and oxygen atoms in total. The number of aliphatic hydroxyl groups is 1. The largest absolute Gasteiger partial charge is 0.497 e. The lowest BCUT2D eigenvalue weighted by Crippen LogP contribution is -2.48. The number of Topliss-reactive ketones (excluding diaryl/α,β-unsaturated/α-hetero) is 1. The minimum atomic E-state index is -2.02. The number of benzene rings is 2. The Balaban J connectivity index is 2.16. The SMILES string of the molecule is CC[C@@H](/C=C(/C)[C@@H](CC(=O)C[C@@H](O)C(C)(C)COCc1ccc(OC)cc1)OCc1ccc(OC)cc1)CO[Si](C(C)C)(C(C)C)C(C)C. The van der Waals surface area contributed by atoms with Gasteiger partial charge in [0.2, 0.25) is 0 Å². The molecule has 0 amide bonds. The third-order valence-corrected chi connectivity index (χ3v) is 16.1. The summed E-state index contributed by atoms with van der Waals surface area (Å²) in [6, 6.07) is 15.5. The molecule has 2 aromatic carbocycles. The summed E-state index contributed by atoms with van der Waals surface area (Å²) in [7, 11) is 1.27. The van der Waals surface area contributed by atoms with Crippen molar-refractivity contribution in [3.8, 4) is 11.5 Å². The quantitative estimate of drug-likeness (QED) is 0.0914. The van der Waals surface area contributed by atoms with Crippen LogP contribution in [-0.4, -0.2) is 58.8 Å². The highest BCUT2D eigenvalue weighted by atomic mass is 28.4. The number of hydrogen-bond acceptors (Lipinski definition) is 7. The number of ether oxygens (including phenoxy) is 4. The van der Waals surface area contributed by atoms with E-state index in [1.165, 1.54) is 0 Å². The molecular formula is C41H66O7Si. The minimum Gasteiger partial charge on any atom is -0.497 e. The molecule has 3 atom stereocenters. The lowest BCUT2D eigenvalue weighted by Gasteiger charge is -2.43. The van der Waals surface area contributed by atoms with Gasteiger partial charge in [-0.3, -0.25) is 4.79 Å². The van der Waals surface area contributed by atoms with Crippen LogP contribution in [0.3, 0.4) is 0 Å². The van der Waals surface area contributed by atoms with E-state index in [4.69, 9.17) is 23.4 Å². The molecule has 1 N–H and O–H groups in total. The number of rotatable bonds is 23. The van der Waals surface area contributed by atoms with Crippen molar-refractivity contribution in [2.24, 2.45) is 11.3 Å². The third kappa shape index (κ3) is 13.0. The summed E-state index contributed by atoms with van der Waals surface area (Å²) in [5, 5.41) is 11.2.